The zero-order valence-electron chi connectivity index (χ0n) is 12.4. The fourth-order valence-electron chi connectivity index (χ4n) is 2.49. The molecule has 1 amide bonds. The molecule has 1 aliphatic rings. The predicted molar refractivity (Wildman–Crippen MR) is 85.7 cm³/mol. The number of fused-ring (bicyclic) bond motifs is 1. The van der Waals surface area contributed by atoms with Gasteiger partial charge in [0.15, 0.2) is 0 Å². The zero-order valence-corrected chi connectivity index (χ0v) is 13.2. The first kappa shape index (κ1) is 15.6. The third kappa shape index (κ3) is 3.40. The van der Waals surface area contributed by atoms with E-state index in [2.05, 4.69) is 5.32 Å². The third-order valence-corrected chi connectivity index (χ3v) is 4.05. The Labute approximate surface area is 138 Å². The Morgan fingerprint density at radius 2 is 2.17 bits per heavy atom. The van der Waals surface area contributed by atoms with Crippen molar-refractivity contribution >= 4 is 23.2 Å². The van der Waals surface area contributed by atoms with Crippen molar-refractivity contribution in [2.75, 3.05) is 19.0 Å². The van der Waals surface area contributed by atoms with Crippen LogP contribution >= 0.6 is 11.6 Å². The highest BCUT2D eigenvalue weighted by Crippen LogP contribution is 2.31. The lowest BCUT2D eigenvalue weighted by Crippen LogP contribution is -2.32. The van der Waals surface area contributed by atoms with Crippen LogP contribution in [0.1, 0.15) is 5.56 Å². The lowest BCUT2D eigenvalue weighted by Gasteiger charge is -2.25. The summed E-state index contributed by atoms with van der Waals surface area (Å²) in [5.74, 6) is 0.461. The van der Waals surface area contributed by atoms with Gasteiger partial charge in [-0.05, 0) is 48.4 Å². The van der Waals surface area contributed by atoms with Gasteiger partial charge in [-0.15, -0.1) is 0 Å². The third-order valence-electron chi connectivity index (χ3n) is 3.73. The normalized spacial score (nSPS) is 16.2. The SMILES string of the molecule is COc1ccc2c(c1)C[C@H](C(=O)Nc1ccc(F)cc1Cl)CO2. The van der Waals surface area contributed by atoms with Gasteiger partial charge in [-0.2, -0.15) is 0 Å². The number of halogens is 2. The van der Waals surface area contributed by atoms with Crippen LogP contribution in [0.25, 0.3) is 0 Å². The summed E-state index contributed by atoms with van der Waals surface area (Å²) in [6.45, 7) is 0.282. The van der Waals surface area contributed by atoms with Gasteiger partial charge in [0.05, 0.1) is 23.7 Å². The number of carbonyl (C=O) groups excluding carboxylic acids is 1. The molecule has 2 aromatic carbocycles. The number of hydrogen-bond donors (Lipinski definition) is 1. The molecule has 6 heteroatoms. The smallest absolute Gasteiger partial charge is 0.231 e. The van der Waals surface area contributed by atoms with Crippen molar-refractivity contribution in [3.05, 3.63) is 52.8 Å². The molecule has 0 saturated heterocycles. The van der Waals surface area contributed by atoms with Crippen molar-refractivity contribution in [1.82, 2.24) is 0 Å². The maximum absolute atomic E-state index is 13.0. The summed E-state index contributed by atoms with van der Waals surface area (Å²) in [5.41, 5.74) is 1.30. The van der Waals surface area contributed by atoms with Crippen molar-refractivity contribution in [2.24, 2.45) is 5.92 Å². The number of nitrogens with one attached hydrogen (secondary N) is 1. The Bertz CT molecular complexity index is 751. The molecule has 4 nitrogen and oxygen atoms in total. The van der Waals surface area contributed by atoms with Gasteiger partial charge in [-0.25, -0.2) is 4.39 Å². The van der Waals surface area contributed by atoms with Gasteiger partial charge in [0.25, 0.3) is 0 Å². The lowest BCUT2D eigenvalue weighted by molar-refractivity contribution is -0.121. The van der Waals surface area contributed by atoms with Gasteiger partial charge in [-0.1, -0.05) is 11.6 Å². The molecular formula is C17H15ClFNO3. The minimum atomic E-state index is -0.449. The summed E-state index contributed by atoms with van der Waals surface area (Å²) in [7, 11) is 1.59. The van der Waals surface area contributed by atoms with E-state index in [1.54, 1.807) is 7.11 Å². The summed E-state index contributed by atoms with van der Waals surface area (Å²) in [5, 5.41) is 2.88. The van der Waals surface area contributed by atoms with Crippen LogP contribution in [0.2, 0.25) is 5.02 Å². The fourth-order valence-corrected chi connectivity index (χ4v) is 2.71. The quantitative estimate of drug-likeness (QED) is 0.930. The van der Waals surface area contributed by atoms with Gasteiger partial charge < -0.3 is 14.8 Å². The molecule has 0 spiro atoms. The van der Waals surface area contributed by atoms with E-state index in [4.69, 9.17) is 21.1 Å². The van der Waals surface area contributed by atoms with Crippen LogP contribution in [0.5, 0.6) is 11.5 Å². The van der Waals surface area contributed by atoms with Crippen molar-refractivity contribution < 1.29 is 18.7 Å². The molecular weight excluding hydrogens is 321 g/mol. The van der Waals surface area contributed by atoms with E-state index in [9.17, 15) is 9.18 Å². The van der Waals surface area contributed by atoms with Crippen LogP contribution in [0.3, 0.4) is 0 Å². The number of anilines is 1. The van der Waals surface area contributed by atoms with Crippen molar-refractivity contribution in [2.45, 2.75) is 6.42 Å². The Balaban J connectivity index is 1.73. The van der Waals surface area contributed by atoms with E-state index < -0.39 is 5.82 Å². The van der Waals surface area contributed by atoms with E-state index in [-0.39, 0.29) is 23.5 Å². The van der Waals surface area contributed by atoms with E-state index >= 15 is 0 Å². The topological polar surface area (TPSA) is 47.6 Å². The number of carbonyl (C=O) groups is 1. The largest absolute Gasteiger partial charge is 0.497 e. The number of amides is 1. The molecule has 0 unspecified atom stereocenters. The van der Waals surface area contributed by atoms with Crippen molar-refractivity contribution in [1.29, 1.82) is 0 Å². The Hall–Kier alpha value is -2.27. The molecule has 1 aliphatic heterocycles. The van der Waals surface area contributed by atoms with Gasteiger partial charge >= 0.3 is 0 Å². The summed E-state index contributed by atoms with van der Waals surface area (Å²) in [4.78, 5) is 12.4. The molecule has 1 heterocycles. The standard InChI is InChI=1S/C17H15ClFNO3/c1-22-13-3-5-16-10(7-13)6-11(9-23-16)17(21)20-15-4-2-12(19)8-14(15)18/h2-5,7-8,11H,6,9H2,1H3,(H,20,21)/t11-/m0/s1. The molecule has 0 radical (unpaired) electrons. The molecule has 0 bridgehead atoms. The average molecular weight is 336 g/mol. The summed E-state index contributed by atoms with van der Waals surface area (Å²) in [6, 6.07) is 9.36. The van der Waals surface area contributed by atoms with E-state index in [1.165, 1.54) is 12.1 Å². The van der Waals surface area contributed by atoms with Gasteiger partial charge in [0.1, 0.15) is 23.9 Å². The Morgan fingerprint density at radius 1 is 1.35 bits per heavy atom. The molecule has 0 saturated carbocycles. The first-order chi connectivity index (χ1) is 11.1. The second kappa shape index (κ2) is 6.46. The minimum Gasteiger partial charge on any atom is -0.497 e. The molecule has 0 aliphatic carbocycles. The van der Waals surface area contributed by atoms with E-state index in [1.807, 2.05) is 18.2 Å². The van der Waals surface area contributed by atoms with Crippen LogP contribution in [0.15, 0.2) is 36.4 Å². The highest BCUT2D eigenvalue weighted by atomic mass is 35.5. The summed E-state index contributed by atoms with van der Waals surface area (Å²) >= 11 is 5.93. The number of hydrogen-bond acceptors (Lipinski definition) is 3. The Morgan fingerprint density at radius 3 is 2.91 bits per heavy atom. The highest BCUT2D eigenvalue weighted by Gasteiger charge is 2.26. The number of rotatable bonds is 3. The van der Waals surface area contributed by atoms with E-state index in [0.717, 1.165) is 23.1 Å². The first-order valence-corrected chi connectivity index (χ1v) is 7.50. The van der Waals surface area contributed by atoms with Crippen molar-refractivity contribution in [3.8, 4) is 11.5 Å². The molecule has 0 aromatic heterocycles. The molecule has 23 heavy (non-hydrogen) atoms. The molecule has 1 atom stereocenters. The van der Waals surface area contributed by atoms with Gasteiger partial charge in [0, 0.05) is 0 Å². The maximum atomic E-state index is 13.0. The van der Waals surface area contributed by atoms with E-state index in [0.29, 0.717) is 12.1 Å². The lowest BCUT2D eigenvalue weighted by atomic mass is 9.95. The van der Waals surface area contributed by atoms with Gasteiger partial charge in [0.2, 0.25) is 5.91 Å². The van der Waals surface area contributed by atoms with Crippen LogP contribution < -0.4 is 14.8 Å². The highest BCUT2D eigenvalue weighted by molar-refractivity contribution is 6.33. The molecule has 120 valence electrons. The maximum Gasteiger partial charge on any atom is 0.231 e. The molecule has 1 N–H and O–H groups in total. The summed E-state index contributed by atoms with van der Waals surface area (Å²) < 4.78 is 23.9. The first-order valence-electron chi connectivity index (χ1n) is 7.12. The number of ether oxygens (including phenoxy) is 2. The van der Waals surface area contributed by atoms with Crippen LogP contribution in [0, 0.1) is 11.7 Å². The molecule has 2 aromatic rings. The zero-order chi connectivity index (χ0) is 16.4. The number of methoxy groups -OCH3 is 1. The second-order valence-electron chi connectivity index (χ2n) is 5.30. The Kier molecular flexibility index (Phi) is 4.39. The average Bonchev–Trinajstić information content (AvgIpc) is 2.56. The molecule has 3 rings (SSSR count). The van der Waals surface area contributed by atoms with Crippen LogP contribution in [-0.4, -0.2) is 19.6 Å². The predicted octanol–water partition coefficient (Wildman–Crippen LogP) is 3.68. The molecule has 0 fully saturated rings. The second-order valence-corrected chi connectivity index (χ2v) is 5.71. The monoisotopic (exact) mass is 335 g/mol. The number of benzene rings is 2. The van der Waals surface area contributed by atoms with Crippen molar-refractivity contribution in [3.63, 3.8) is 0 Å². The van der Waals surface area contributed by atoms with Crippen LogP contribution in [-0.2, 0) is 11.2 Å². The summed E-state index contributed by atoms with van der Waals surface area (Å²) in [6.07, 6.45) is 0.539. The fraction of sp³-hybridized carbons (Fsp3) is 0.235. The van der Waals surface area contributed by atoms with Crippen LogP contribution in [0.4, 0.5) is 10.1 Å². The van der Waals surface area contributed by atoms with Gasteiger partial charge in [-0.3, -0.25) is 4.79 Å². The minimum absolute atomic E-state index is 0.164.